The van der Waals surface area contributed by atoms with Crippen molar-refractivity contribution in [3.63, 3.8) is 0 Å². The average Bonchev–Trinajstić information content (AvgIpc) is 3.07. The Morgan fingerprint density at radius 3 is 2.47 bits per heavy atom. The molecule has 1 fully saturated rings. The number of halogens is 1. The summed E-state index contributed by atoms with van der Waals surface area (Å²) in [5.41, 5.74) is 0.358. The van der Waals surface area contributed by atoms with E-state index in [0.717, 1.165) is 13.1 Å². The van der Waals surface area contributed by atoms with Gasteiger partial charge in [-0.2, -0.15) is 10.6 Å². The van der Waals surface area contributed by atoms with E-state index in [2.05, 4.69) is 10.2 Å². The Hall–Kier alpha value is -1.66. The Balaban J connectivity index is 0.00000289. The van der Waals surface area contributed by atoms with Gasteiger partial charge in [0.25, 0.3) is 5.91 Å². The molecule has 0 aliphatic carbocycles. The molecule has 2 heterocycles. The topological polar surface area (TPSA) is 116 Å². The van der Waals surface area contributed by atoms with E-state index in [-0.39, 0.29) is 39.1 Å². The molecule has 176 valence electrons. The van der Waals surface area contributed by atoms with E-state index in [1.807, 2.05) is 0 Å². The molecule has 0 radical (unpaired) electrons. The summed E-state index contributed by atoms with van der Waals surface area (Å²) in [5, 5.41) is 1.65. The number of fused-ring (bicyclic) bond motifs is 1. The van der Waals surface area contributed by atoms with Crippen molar-refractivity contribution in [3.8, 4) is 0 Å². The molecule has 2 aromatic carbocycles. The molecule has 1 unspecified atom stereocenters. The Kier molecular flexibility index (Phi) is 7.87. The molecule has 0 bridgehead atoms. The predicted molar refractivity (Wildman–Crippen MR) is 126 cm³/mol. The molecule has 2 aliphatic heterocycles. The Labute approximate surface area is 195 Å². The van der Waals surface area contributed by atoms with Gasteiger partial charge in [-0.25, -0.2) is 8.42 Å². The van der Waals surface area contributed by atoms with E-state index in [0.29, 0.717) is 26.3 Å². The summed E-state index contributed by atoms with van der Waals surface area (Å²) in [6.07, 6.45) is 0. The Morgan fingerprint density at radius 1 is 1.09 bits per heavy atom. The van der Waals surface area contributed by atoms with Crippen LogP contribution in [0, 0.1) is 0 Å². The lowest BCUT2D eigenvalue weighted by atomic mass is 10.0. The highest BCUT2D eigenvalue weighted by atomic mass is 35.5. The van der Waals surface area contributed by atoms with Crippen molar-refractivity contribution in [1.82, 2.24) is 10.2 Å². The van der Waals surface area contributed by atoms with E-state index in [4.69, 9.17) is 4.74 Å². The van der Waals surface area contributed by atoms with Crippen LogP contribution in [-0.2, 0) is 14.6 Å². The summed E-state index contributed by atoms with van der Waals surface area (Å²) in [7, 11) is -7.24. The summed E-state index contributed by atoms with van der Waals surface area (Å²) < 4.78 is 53.2. The van der Waals surface area contributed by atoms with Crippen molar-refractivity contribution in [2.24, 2.45) is 0 Å². The first kappa shape index (κ1) is 25.0. The number of nitrogens with zero attached hydrogens (tertiary/aromatic N) is 1. The lowest BCUT2D eigenvalue weighted by molar-refractivity contribution is 0.0383. The summed E-state index contributed by atoms with van der Waals surface area (Å²) in [4.78, 5) is 15.4. The van der Waals surface area contributed by atoms with Gasteiger partial charge in [0.15, 0.2) is 9.84 Å². The second kappa shape index (κ2) is 10.1. The monoisotopic (exact) mass is 502 g/mol. The third kappa shape index (κ3) is 4.96. The molecule has 1 amide bonds. The zero-order chi connectivity index (χ0) is 22.1. The van der Waals surface area contributed by atoms with Crippen molar-refractivity contribution in [3.05, 3.63) is 59.7 Å². The molecule has 0 saturated carbocycles. The van der Waals surface area contributed by atoms with Gasteiger partial charge in [0.1, 0.15) is 5.25 Å². The van der Waals surface area contributed by atoms with Gasteiger partial charge in [-0.15, -0.1) is 12.4 Å². The summed E-state index contributed by atoms with van der Waals surface area (Å²) in [5.74, 6) is -0.770. The molecule has 1 atom stereocenters. The van der Waals surface area contributed by atoms with Gasteiger partial charge >= 0.3 is 0 Å². The fourth-order valence-corrected chi connectivity index (χ4v) is 8.47. The minimum Gasteiger partial charge on any atom is -0.379 e. The molecule has 3 N–H and O–H groups in total. The molecule has 0 aromatic heterocycles. The van der Waals surface area contributed by atoms with Gasteiger partial charge in [-0.1, -0.05) is 24.3 Å². The highest BCUT2D eigenvalue weighted by Crippen LogP contribution is 2.62. The maximum Gasteiger partial charge on any atom is 0.251 e. The van der Waals surface area contributed by atoms with Crippen molar-refractivity contribution < 1.29 is 27.1 Å². The molecular formula is C21H27ClN2O6S2. The second-order valence-electron chi connectivity index (χ2n) is 7.61. The van der Waals surface area contributed by atoms with Crippen LogP contribution >= 0.6 is 23.0 Å². The quantitative estimate of drug-likeness (QED) is 0.556. The molecule has 2 aromatic rings. The maximum atomic E-state index is 13.3. The summed E-state index contributed by atoms with van der Waals surface area (Å²) in [6.45, 7) is 3.98. The lowest BCUT2D eigenvalue weighted by Crippen LogP contribution is -2.41. The number of hydrogen-bond acceptors (Lipinski definition) is 7. The highest BCUT2D eigenvalue weighted by molar-refractivity contribution is 8.25. The highest BCUT2D eigenvalue weighted by Gasteiger charge is 2.45. The number of nitrogens with one attached hydrogen (secondary N) is 1. The number of carbonyl (C=O) groups is 1. The standard InChI is InChI=1S/C21H26N2O6S2.ClH/c24-21(22-9-10-23-11-13-29-14-12-23)17-7-4-8-18-20(17)19(15-30(18,25)26)31(27,28)16-5-2-1-3-6-16;/h1-8,19,25-26H,9-15H2,(H,22,24);1H. The molecule has 4 rings (SSSR count). The zero-order valence-electron chi connectivity index (χ0n) is 17.3. The van der Waals surface area contributed by atoms with Crippen LogP contribution in [0.5, 0.6) is 0 Å². The van der Waals surface area contributed by atoms with Crippen LogP contribution < -0.4 is 5.32 Å². The number of benzene rings is 2. The fraction of sp³-hybridized carbons (Fsp3) is 0.381. The molecule has 32 heavy (non-hydrogen) atoms. The first-order valence-corrected chi connectivity index (χ1v) is 13.3. The van der Waals surface area contributed by atoms with Gasteiger partial charge in [0, 0.05) is 37.3 Å². The van der Waals surface area contributed by atoms with Gasteiger partial charge in [-0.3, -0.25) is 18.8 Å². The number of carbonyl (C=O) groups excluding carboxylic acids is 1. The maximum absolute atomic E-state index is 13.3. The number of rotatable bonds is 6. The van der Waals surface area contributed by atoms with E-state index in [1.54, 1.807) is 24.3 Å². The van der Waals surface area contributed by atoms with E-state index >= 15 is 0 Å². The van der Waals surface area contributed by atoms with Gasteiger partial charge in [0.2, 0.25) is 0 Å². The third-order valence-corrected chi connectivity index (χ3v) is 9.78. The van der Waals surface area contributed by atoms with Crippen molar-refractivity contribution in [2.45, 2.75) is 15.0 Å². The molecule has 0 spiro atoms. The molecule has 1 saturated heterocycles. The average molecular weight is 503 g/mol. The van der Waals surface area contributed by atoms with Crippen molar-refractivity contribution in [2.75, 3.05) is 45.1 Å². The largest absolute Gasteiger partial charge is 0.379 e. The third-order valence-electron chi connectivity index (χ3n) is 5.63. The molecule has 8 nitrogen and oxygen atoms in total. The lowest BCUT2D eigenvalue weighted by Gasteiger charge is -2.27. The zero-order valence-corrected chi connectivity index (χ0v) is 19.8. The minimum atomic E-state index is -3.92. The van der Waals surface area contributed by atoms with E-state index in [9.17, 15) is 22.3 Å². The van der Waals surface area contributed by atoms with Crippen LogP contribution in [0.3, 0.4) is 0 Å². The Bertz CT molecular complexity index is 1060. The molecule has 11 heteroatoms. The first-order valence-electron chi connectivity index (χ1n) is 10.1. The molecule has 2 aliphatic rings. The number of morpholine rings is 1. The fourth-order valence-electron chi connectivity index (χ4n) is 4.01. The number of hydrogen-bond donors (Lipinski definition) is 3. The number of amides is 1. The van der Waals surface area contributed by atoms with Crippen LogP contribution in [0.1, 0.15) is 21.2 Å². The van der Waals surface area contributed by atoms with Gasteiger partial charge < -0.3 is 10.1 Å². The first-order chi connectivity index (χ1) is 14.8. The molecular weight excluding hydrogens is 476 g/mol. The summed E-state index contributed by atoms with van der Waals surface area (Å²) in [6, 6.07) is 12.5. The van der Waals surface area contributed by atoms with Crippen LogP contribution in [0.25, 0.3) is 0 Å². The normalized spacial score (nSPS) is 21.2. The van der Waals surface area contributed by atoms with Crippen LogP contribution in [0.4, 0.5) is 0 Å². The van der Waals surface area contributed by atoms with E-state index < -0.39 is 31.6 Å². The smallest absolute Gasteiger partial charge is 0.251 e. The van der Waals surface area contributed by atoms with Crippen LogP contribution in [0.15, 0.2) is 58.3 Å². The second-order valence-corrected chi connectivity index (χ2v) is 11.8. The number of ether oxygens (including phenoxy) is 1. The summed E-state index contributed by atoms with van der Waals surface area (Å²) >= 11 is 0. The van der Waals surface area contributed by atoms with Crippen LogP contribution in [-0.4, -0.2) is 73.5 Å². The predicted octanol–water partition coefficient (Wildman–Crippen LogP) is 2.81. The van der Waals surface area contributed by atoms with E-state index in [1.165, 1.54) is 24.3 Å². The van der Waals surface area contributed by atoms with Crippen molar-refractivity contribution >= 4 is 38.7 Å². The minimum absolute atomic E-state index is 0. The Morgan fingerprint density at radius 2 is 1.78 bits per heavy atom. The number of sulfone groups is 1. The van der Waals surface area contributed by atoms with Gasteiger partial charge in [-0.05, 0) is 24.3 Å². The van der Waals surface area contributed by atoms with Gasteiger partial charge in [0.05, 0.1) is 28.8 Å². The van der Waals surface area contributed by atoms with Crippen molar-refractivity contribution in [1.29, 1.82) is 0 Å². The SMILES string of the molecule is Cl.O=C(NCCN1CCOCC1)c1cccc2c1C(S(=O)(=O)c1ccccc1)CS2(O)O. The van der Waals surface area contributed by atoms with Crippen LogP contribution in [0.2, 0.25) is 0 Å².